The van der Waals surface area contributed by atoms with Crippen LogP contribution in [0, 0.1) is 5.41 Å². The molecule has 0 bridgehead atoms. The zero-order chi connectivity index (χ0) is 14.6. The Morgan fingerprint density at radius 2 is 1.95 bits per heavy atom. The van der Waals surface area contributed by atoms with Crippen molar-refractivity contribution in [3.8, 4) is 0 Å². The Bertz CT molecular complexity index is 319. The van der Waals surface area contributed by atoms with Crippen molar-refractivity contribution < 1.29 is 14.3 Å². The molecule has 2 aliphatic rings. The molecule has 1 unspecified atom stereocenters. The zero-order valence-corrected chi connectivity index (χ0v) is 13.4. The Morgan fingerprint density at radius 1 is 1.25 bits per heavy atom. The first kappa shape index (κ1) is 16.0. The molecule has 1 aliphatic heterocycles. The minimum Gasteiger partial charge on any atom is -0.378 e. The van der Waals surface area contributed by atoms with Gasteiger partial charge in [-0.3, -0.25) is 4.79 Å². The molecule has 20 heavy (non-hydrogen) atoms. The fourth-order valence-electron chi connectivity index (χ4n) is 3.50. The average Bonchev–Trinajstić information content (AvgIpc) is 2.92. The number of hydrogen-bond donors (Lipinski definition) is 0. The van der Waals surface area contributed by atoms with E-state index in [0.717, 1.165) is 51.6 Å². The van der Waals surface area contributed by atoms with E-state index >= 15 is 0 Å². The number of carbonyl (C=O) groups is 1. The van der Waals surface area contributed by atoms with Crippen LogP contribution in [0.3, 0.4) is 0 Å². The third-order valence-electron chi connectivity index (χ3n) is 5.06. The molecule has 3 nitrogen and oxygen atoms in total. The van der Waals surface area contributed by atoms with E-state index in [1.54, 1.807) is 0 Å². The van der Waals surface area contributed by atoms with Gasteiger partial charge in [-0.2, -0.15) is 0 Å². The lowest BCUT2D eigenvalue weighted by Crippen LogP contribution is -2.46. The van der Waals surface area contributed by atoms with Gasteiger partial charge in [-0.1, -0.05) is 13.8 Å². The predicted octanol–water partition coefficient (Wildman–Crippen LogP) is 3.89. The van der Waals surface area contributed by atoms with Crippen molar-refractivity contribution in [2.75, 3.05) is 13.2 Å². The Balaban J connectivity index is 1.91. The van der Waals surface area contributed by atoms with Crippen molar-refractivity contribution in [1.82, 2.24) is 0 Å². The molecule has 1 atom stereocenters. The largest absolute Gasteiger partial charge is 0.378 e. The minimum absolute atomic E-state index is 0.303. The standard InChI is InChI=1S/C17H30O3/c1-4-20-17(11-9-16(2,3)10-12-17)15(18)8-7-14-6-5-13-19-14/h14H,4-13H2,1-3H3. The lowest BCUT2D eigenvalue weighted by atomic mass is 9.69. The highest BCUT2D eigenvalue weighted by Gasteiger charge is 2.44. The molecule has 1 saturated carbocycles. The van der Waals surface area contributed by atoms with Crippen LogP contribution in [0.15, 0.2) is 0 Å². The van der Waals surface area contributed by atoms with Gasteiger partial charge in [0.2, 0.25) is 0 Å². The summed E-state index contributed by atoms with van der Waals surface area (Å²) in [6, 6.07) is 0. The van der Waals surface area contributed by atoms with Crippen molar-refractivity contribution in [2.24, 2.45) is 5.41 Å². The van der Waals surface area contributed by atoms with Crippen LogP contribution in [-0.4, -0.2) is 30.7 Å². The maximum Gasteiger partial charge on any atom is 0.164 e. The molecule has 0 N–H and O–H groups in total. The summed E-state index contributed by atoms with van der Waals surface area (Å²) in [6.07, 6.45) is 7.99. The molecular weight excluding hydrogens is 252 g/mol. The maximum atomic E-state index is 12.7. The molecule has 0 amide bonds. The van der Waals surface area contributed by atoms with Crippen molar-refractivity contribution in [2.45, 2.75) is 83.8 Å². The van der Waals surface area contributed by atoms with E-state index in [-0.39, 0.29) is 0 Å². The first-order chi connectivity index (χ1) is 9.47. The normalized spacial score (nSPS) is 28.4. The molecule has 0 aromatic rings. The van der Waals surface area contributed by atoms with Crippen LogP contribution in [0.25, 0.3) is 0 Å². The summed E-state index contributed by atoms with van der Waals surface area (Å²) in [5, 5.41) is 0. The summed E-state index contributed by atoms with van der Waals surface area (Å²) in [4.78, 5) is 12.7. The average molecular weight is 282 g/mol. The van der Waals surface area contributed by atoms with Crippen molar-refractivity contribution >= 4 is 5.78 Å². The Labute approximate surface area is 123 Å². The number of rotatable bonds is 6. The number of ether oxygens (including phenoxy) is 2. The smallest absolute Gasteiger partial charge is 0.164 e. The maximum absolute atomic E-state index is 12.7. The van der Waals surface area contributed by atoms with E-state index in [1.807, 2.05) is 6.92 Å². The number of Topliss-reactive ketones (excluding diaryl/α,β-unsaturated/α-hetero) is 1. The SMILES string of the molecule is CCOC1(C(=O)CCC2CCCO2)CCC(C)(C)CC1. The van der Waals surface area contributed by atoms with Gasteiger partial charge in [-0.25, -0.2) is 0 Å². The summed E-state index contributed by atoms with van der Waals surface area (Å²) in [5.74, 6) is 0.311. The predicted molar refractivity (Wildman–Crippen MR) is 79.8 cm³/mol. The quantitative estimate of drug-likeness (QED) is 0.741. The zero-order valence-electron chi connectivity index (χ0n) is 13.4. The van der Waals surface area contributed by atoms with Gasteiger partial charge in [-0.15, -0.1) is 0 Å². The van der Waals surface area contributed by atoms with Gasteiger partial charge < -0.3 is 9.47 Å². The molecule has 2 rings (SSSR count). The minimum atomic E-state index is -0.497. The van der Waals surface area contributed by atoms with Crippen molar-refractivity contribution in [3.05, 3.63) is 0 Å². The van der Waals surface area contributed by atoms with Crippen LogP contribution in [0.2, 0.25) is 0 Å². The highest BCUT2D eigenvalue weighted by molar-refractivity contribution is 5.87. The van der Waals surface area contributed by atoms with Crippen molar-refractivity contribution in [3.63, 3.8) is 0 Å². The highest BCUT2D eigenvalue weighted by atomic mass is 16.5. The fraction of sp³-hybridized carbons (Fsp3) is 0.941. The van der Waals surface area contributed by atoms with Crippen LogP contribution >= 0.6 is 0 Å². The van der Waals surface area contributed by atoms with Crippen LogP contribution < -0.4 is 0 Å². The second kappa shape index (κ2) is 6.57. The molecule has 1 heterocycles. The lowest BCUT2D eigenvalue weighted by molar-refractivity contribution is -0.152. The van der Waals surface area contributed by atoms with Gasteiger partial charge in [0.1, 0.15) is 5.60 Å². The second-order valence-corrected chi connectivity index (χ2v) is 7.19. The first-order valence-corrected chi connectivity index (χ1v) is 8.26. The molecule has 116 valence electrons. The van der Waals surface area contributed by atoms with E-state index in [9.17, 15) is 4.79 Å². The Morgan fingerprint density at radius 3 is 2.50 bits per heavy atom. The Kier molecular flexibility index (Phi) is 5.25. The molecule has 0 aromatic carbocycles. The van der Waals surface area contributed by atoms with Gasteiger partial charge in [0.05, 0.1) is 6.10 Å². The van der Waals surface area contributed by atoms with E-state index < -0.39 is 5.60 Å². The number of hydrogen-bond acceptors (Lipinski definition) is 3. The van der Waals surface area contributed by atoms with Gasteiger partial charge in [-0.05, 0) is 57.3 Å². The summed E-state index contributed by atoms with van der Waals surface area (Å²) >= 11 is 0. The molecule has 0 spiro atoms. The number of carbonyl (C=O) groups excluding carboxylic acids is 1. The molecule has 0 radical (unpaired) electrons. The van der Waals surface area contributed by atoms with E-state index in [2.05, 4.69) is 13.8 Å². The summed E-state index contributed by atoms with van der Waals surface area (Å²) in [5.41, 5.74) is -0.141. The second-order valence-electron chi connectivity index (χ2n) is 7.19. The van der Waals surface area contributed by atoms with Gasteiger partial charge in [0.15, 0.2) is 5.78 Å². The summed E-state index contributed by atoms with van der Waals surface area (Å²) in [6.45, 7) is 8.07. The third kappa shape index (κ3) is 3.82. The topological polar surface area (TPSA) is 35.5 Å². The van der Waals surface area contributed by atoms with Crippen LogP contribution in [-0.2, 0) is 14.3 Å². The van der Waals surface area contributed by atoms with E-state index in [4.69, 9.17) is 9.47 Å². The lowest BCUT2D eigenvalue weighted by Gasteiger charge is -2.42. The van der Waals surface area contributed by atoms with Crippen LogP contribution in [0.5, 0.6) is 0 Å². The van der Waals surface area contributed by atoms with Gasteiger partial charge in [0, 0.05) is 19.6 Å². The summed E-state index contributed by atoms with van der Waals surface area (Å²) in [7, 11) is 0. The van der Waals surface area contributed by atoms with Gasteiger partial charge in [0.25, 0.3) is 0 Å². The summed E-state index contributed by atoms with van der Waals surface area (Å²) < 4.78 is 11.6. The molecule has 0 aromatic heterocycles. The van der Waals surface area contributed by atoms with Crippen LogP contribution in [0.1, 0.15) is 72.1 Å². The van der Waals surface area contributed by atoms with Crippen LogP contribution in [0.4, 0.5) is 0 Å². The Hall–Kier alpha value is -0.410. The van der Waals surface area contributed by atoms with E-state index in [1.165, 1.54) is 0 Å². The molecular formula is C17H30O3. The van der Waals surface area contributed by atoms with Gasteiger partial charge >= 0.3 is 0 Å². The molecule has 3 heteroatoms. The fourth-order valence-corrected chi connectivity index (χ4v) is 3.50. The van der Waals surface area contributed by atoms with E-state index in [0.29, 0.717) is 30.3 Å². The first-order valence-electron chi connectivity index (χ1n) is 8.26. The molecule has 2 fully saturated rings. The highest BCUT2D eigenvalue weighted by Crippen LogP contribution is 2.43. The molecule has 1 saturated heterocycles. The molecule has 1 aliphatic carbocycles. The third-order valence-corrected chi connectivity index (χ3v) is 5.06. The number of ketones is 1. The van der Waals surface area contributed by atoms with Crippen molar-refractivity contribution in [1.29, 1.82) is 0 Å². The monoisotopic (exact) mass is 282 g/mol.